The van der Waals surface area contributed by atoms with Crippen molar-refractivity contribution in [3.8, 4) is 16.9 Å². The van der Waals surface area contributed by atoms with E-state index in [0.29, 0.717) is 17.9 Å². The van der Waals surface area contributed by atoms with Crippen LogP contribution in [0.5, 0.6) is 5.75 Å². The number of hydrogen-bond acceptors (Lipinski definition) is 5. The number of aliphatic carboxylic acids is 1. The third-order valence-corrected chi connectivity index (χ3v) is 9.12. The minimum Gasteiger partial charge on any atom is -0.496 e. The first-order valence-electron chi connectivity index (χ1n) is 15.2. The molecule has 2 aliphatic rings. The number of methoxy groups -OCH3 is 1. The first kappa shape index (κ1) is 30.7. The van der Waals surface area contributed by atoms with Gasteiger partial charge in [-0.15, -0.1) is 0 Å². The fourth-order valence-corrected chi connectivity index (χ4v) is 7.18. The van der Waals surface area contributed by atoms with Crippen molar-refractivity contribution in [2.45, 2.75) is 77.5 Å². The van der Waals surface area contributed by atoms with Gasteiger partial charge in [0, 0.05) is 41.7 Å². The molecular weight excluding hydrogens is 545 g/mol. The second-order valence-electron chi connectivity index (χ2n) is 12.9. The number of halogens is 1. The number of nitrogens with one attached hydrogen (secondary N) is 1. The number of aromatic nitrogens is 1. The van der Waals surface area contributed by atoms with Crippen LogP contribution >= 0.6 is 0 Å². The molecule has 228 valence electrons. The van der Waals surface area contributed by atoms with Crippen molar-refractivity contribution in [3.05, 3.63) is 83.9 Å². The van der Waals surface area contributed by atoms with Crippen LogP contribution in [0.3, 0.4) is 0 Å². The van der Waals surface area contributed by atoms with Crippen molar-refractivity contribution in [3.63, 3.8) is 0 Å². The Bertz CT molecular complexity index is 1430. The molecule has 4 atom stereocenters. The zero-order valence-corrected chi connectivity index (χ0v) is 25.4. The molecule has 1 aromatic heterocycles. The summed E-state index contributed by atoms with van der Waals surface area (Å²) in [5.41, 5.74) is 2.76. The standard InChI is InChI=1S/C35H42FN3O4/c1-35(2,3)29-30(38-20-26-17-24(15-16-28(26)43-4)25-18-27(36)21-37-19-25)31(22-11-7-5-8-12-22)39(32(29)34(41)42)33(40)23-13-9-6-10-14-23/h5,7-8,11-12,15-19,21,23,29-32,38H,6,9-10,13-14,20H2,1-4H3,(H,41,42)/t29-,30-,31-,32-/m0/s1. The summed E-state index contributed by atoms with van der Waals surface area (Å²) in [5, 5.41) is 14.4. The van der Waals surface area contributed by atoms with Crippen LogP contribution in [0.15, 0.2) is 67.0 Å². The van der Waals surface area contributed by atoms with E-state index in [1.807, 2.05) is 48.5 Å². The van der Waals surface area contributed by atoms with E-state index in [2.05, 4.69) is 31.1 Å². The molecule has 2 fully saturated rings. The highest BCUT2D eigenvalue weighted by molar-refractivity contribution is 5.87. The Kier molecular flexibility index (Phi) is 9.16. The molecule has 1 amide bonds. The third kappa shape index (κ3) is 6.44. The van der Waals surface area contributed by atoms with Crippen molar-refractivity contribution in [2.24, 2.45) is 17.3 Å². The highest BCUT2D eigenvalue weighted by Crippen LogP contribution is 2.49. The van der Waals surface area contributed by atoms with Crippen LogP contribution in [0, 0.1) is 23.1 Å². The molecule has 2 heterocycles. The molecule has 0 radical (unpaired) electrons. The summed E-state index contributed by atoms with van der Waals surface area (Å²) >= 11 is 0. The largest absolute Gasteiger partial charge is 0.496 e. The van der Waals surface area contributed by atoms with Crippen molar-refractivity contribution in [1.29, 1.82) is 0 Å². The number of pyridine rings is 1. The fraction of sp³-hybridized carbons (Fsp3) is 0.457. The van der Waals surface area contributed by atoms with Gasteiger partial charge in [0.1, 0.15) is 17.6 Å². The van der Waals surface area contributed by atoms with E-state index < -0.39 is 29.3 Å². The number of carboxylic acids is 1. The second kappa shape index (κ2) is 12.8. The predicted octanol–water partition coefficient (Wildman–Crippen LogP) is 6.63. The van der Waals surface area contributed by atoms with Gasteiger partial charge in [-0.25, -0.2) is 9.18 Å². The minimum absolute atomic E-state index is 0.0577. The van der Waals surface area contributed by atoms with Gasteiger partial charge in [-0.2, -0.15) is 0 Å². The molecule has 1 saturated heterocycles. The Hall–Kier alpha value is -3.78. The zero-order chi connectivity index (χ0) is 30.7. The molecule has 1 aliphatic heterocycles. The average molecular weight is 588 g/mol. The monoisotopic (exact) mass is 587 g/mol. The van der Waals surface area contributed by atoms with Gasteiger partial charge in [0.15, 0.2) is 0 Å². The third-order valence-electron chi connectivity index (χ3n) is 9.12. The quantitative estimate of drug-likeness (QED) is 0.307. The van der Waals surface area contributed by atoms with E-state index >= 15 is 0 Å². The van der Waals surface area contributed by atoms with Gasteiger partial charge >= 0.3 is 5.97 Å². The zero-order valence-electron chi connectivity index (χ0n) is 25.4. The van der Waals surface area contributed by atoms with Gasteiger partial charge in [-0.05, 0) is 47.6 Å². The van der Waals surface area contributed by atoms with E-state index in [1.54, 1.807) is 18.2 Å². The van der Waals surface area contributed by atoms with Crippen LogP contribution in [0.4, 0.5) is 4.39 Å². The Morgan fingerprint density at radius 2 is 1.74 bits per heavy atom. The number of ether oxygens (including phenoxy) is 1. The molecule has 1 saturated carbocycles. The van der Waals surface area contributed by atoms with Gasteiger partial charge in [-0.1, -0.05) is 76.4 Å². The van der Waals surface area contributed by atoms with Crippen LogP contribution in [0.25, 0.3) is 11.1 Å². The van der Waals surface area contributed by atoms with E-state index in [0.717, 1.165) is 48.8 Å². The highest BCUT2D eigenvalue weighted by atomic mass is 19.1. The van der Waals surface area contributed by atoms with Crippen LogP contribution in [-0.4, -0.2) is 46.1 Å². The summed E-state index contributed by atoms with van der Waals surface area (Å²) in [6, 6.07) is 15.1. The van der Waals surface area contributed by atoms with Crippen LogP contribution in [0.2, 0.25) is 0 Å². The number of rotatable bonds is 8. The van der Waals surface area contributed by atoms with E-state index in [-0.39, 0.29) is 23.8 Å². The van der Waals surface area contributed by atoms with Gasteiger partial charge in [-0.3, -0.25) is 9.78 Å². The summed E-state index contributed by atoms with van der Waals surface area (Å²) in [7, 11) is 1.60. The van der Waals surface area contributed by atoms with Crippen LogP contribution < -0.4 is 10.1 Å². The molecule has 8 heteroatoms. The fourth-order valence-electron chi connectivity index (χ4n) is 7.18. The Balaban J connectivity index is 1.57. The molecule has 0 bridgehead atoms. The van der Waals surface area contributed by atoms with Crippen molar-refractivity contribution < 1.29 is 23.8 Å². The molecule has 2 N–H and O–H groups in total. The Labute approximate surface area is 253 Å². The molecule has 43 heavy (non-hydrogen) atoms. The van der Waals surface area contributed by atoms with E-state index in [1.165, 1.54) is 12.3 Å². The molecule has 5 rings (SSSR count). The minimum atomic E-state index is -0.983. The lowest BCUT2D eigenvalue weighted by atomic mass is 9.72. The number of amides is 1. The normalized spacial score (nSPS) is 22.9. The number of hydrogen-bond donors (Lipinski definition) is 2. The maximum absolute atomic E-state index is 14.3. The number of nitrogens with zero attached hydrogens (tertiary/aromatic N) is 2. The number of carbonyl (C=O) groups excluding carboxylic acids is 1. The second-order valence-corrected chi connectivity index (χ2v) is 12.9. The number of carboxylic acid groups (broad SMARTS) is 1. The van der Waals surface area contributed by atoms with Gasteiger partial charge in [0.05, 0.1) is 19.3 Å². The summed E-state index contributed by atoms with van der Waals surface area (Å²) in [6.07, 6.45) is 7.45. The maximum atomic E-state index is 14.3. The first-order valence-corrected chi connectivity index (χ1v) is 15.2. The topological polar surface area (TPSA) is 91.8 Å². The lowest BCUT2D eigenvalue weighted by Gasteiger charge is -2.36. The van der Waals surface area contributed by atoms with Crippen molar-refractivity contribution >= 4 is 11.9 Å². The number of carbonyl (C=O) groups is 2. The smallest absolute Gasteiger partial charge is 0.326 e. The van der Waals surface area contributed by atoms with Crippen LogP contribution in [0.1, 0.15) is 70.0 Å². The highest BCUT2D eigenvalue weighted by Gasteiger charge is 2.58. The lowest BCUT2D eigenvalue weighted by molar-refractivity contribution is -0.154. The van der Waals surface area contributed by atoms with Gasteiger partial charge in [0.25, 0.3) is 0 Å². The summed E-state index contributed by atoms with van der Waals surface area (Å²) in [6.45, 7) is 6.52. The SMILES string of the molecule is COc1ccc(-c2cncc(F)c2)cc1CN[C@H]1[C@H](C(C)(C)C)[C@@H](C(=O)O)N(C(=O)C2CCCCC2)[C@H]1c1ccccc1. The lowest BCUT2D eigenvalue weighted by Crippen LogP contribution is -2.49. The Morgan fingerprint density at radius 1 is 1.02 bits per heavy atom. The maximum Gasteiger partial charge on any atom is 0.326 e. The molecule has 0 spiro atoms. The predicted molar refractivity (Wildman–Crippen MR) is 164 cm³/mol. The van der Waals surface area contributed by atoms with Crippen molar-refractivity contribution in [1.82, 2.24) is 15.2 Å². The van der Waals surface area contributed by atoms with E-state index in [4.69, 9.17) is 4.74 Å². The summed E-state index contributed by atoms with van der Waals surface area (Å²) in [4.78, 5) is 33.1. The Morgan fingerprint density at radius 3 is 2.37 bits per heavy atom. The van der Waals surface area contributed by atoms with Gasteiger partial charge in [0.2, 0.25) is 5.91 Å². The van der Waals surface area contributed by atoms with Gasteiger partial charge < -0.3 is 20.1 Å². The average Bonchev–Trinajstić information content (AvgIpc) is 3.36. The number of benzene rings is 2. The van der Waals surface area contributed by atoms with Crippen molar-refractivity contribution in [2.75, 3.05) is 7.11 Å². The molecular formula is C35H42FN3O4. The number of likely N-dealkylation sites (tertiary alicyclic amines) is 1. The molecule has 0 unspecified atom stereocenters. The van der Waals surface area contributed by atoms with Crippen LogP contribution in [-0.2, 0) is 16.1 Å². The summed E-state index contributed by atoms with van der Waals surface area (Å²) in [5.74, 6) is -1.35. The molecule has 1 aliphatic carbocycles. The molecule has 2 aromatic carbocycles. The summed E-state index contributed by atoms with van der Waals surface area (Å²) < 4.78 is 19.7. The van der Waals surface area contributed by atoms with E-state index in [9.17, 15) is 19.1 Å². The molecule has 3 aromatic rings. The first-order chi connectivity index (χ1) is 20.6. The molecule has 7 nitrogen and oxygen atoms in total.